The SMILES string of the molecule is CC1(C)CCCCC1(C)O.CC1CCCCC1(C)O. The van der Waals surface area contributed by atoms with Gasteiger partial charge in [0.2, 0.25) is 0 Å². The molecule has 2 aliphatic rings. The molecular weight excluding hydrogens is 236 g/mol. The van der Waals surface area contributed by atoms with E-state index in [0.717, 1.165) is 12.8 Å². The normalized spacial score (nSPS) is 42.2. The highest BCUT2D eigenvalue weighted by molar-refractivity contribution is 4.92. The molecule has 0 aromatic heterocycles. The second-order valence-electron chi connectivity index (χ2n) is 7.87. The Balaban J connectivity index is 0.000000191. The van der Waals surface area contributed by atoms with Crippen molar-refractivity contribution in [2.24, 2.45) is 11.3 Å². The lowest BCUT2D eigenvalue weighted by Gasteiger charge is -2.44. The topological polar surface area (TPSA) is 40.5 Å². The summed E-state index contributed by atoms with van der Waals surface area (Å²) < 4.78 is 0. The summed E-state index contributed by atoms with van der Waals surface area (Å²) in [6.45, 7) is 10.4. The molecule has 2 fully saturated rings. The molecular formula is C17H34O2. The highest BCUT2D eigenvalue weighted by atomic mass is 16.3. The number of hydrogen-bond donors (Lipinski definition) is 2. The van der Waals surface area contributed by atoms with Crippen LogP contribution < -0.4 is 0 Å². The first kappa shape index (κ1) is 17.0. The average molecular weight is 270 g/mol. The molecule has 2 N–H and O–H groups in total. The lowest BCUT2D eigenvalue weighted by molar-refractivity contribution is -0.0812. The predicted octanol–water partition coefficient (Wildman–Crippen LogP) is 4.29. The summed E-state index contributed by atoms with van der Waals surface area (Å²) in [5, 5.41) is 19.5. The van der Waals surface area contributed by atoms with Gasteiger partial charge in [-0.25, -0.2) is 0 Å². The highest BCUT2D eigenvalue weighted by Crippen LogP contribution is 2.43. The van der Waals surface area contributed by atoms with Gasteiger partial charge in [0.25, 0.3) is 0 Å². The minimum Gasteiger partial charge on any atom is -0.390 e. The summed E-state index contributed by atoms with van der Waals surface area (Å²) in [5.41, 5.74) is -0.658. The van der Waals surface area contributed by atoms with E-state index in [1.807, 2.05) is 13.8 Å². The van der Waals surface area contributed by atoms with E-state index < -0.39 is 5.60 Å². The van der Waals surface area contributed by atoms with Gasteiger partial charge in [0, 0.05) is 0 Å². The lowest BCUT2D eigenvalue weighted by Crippen LogP contribution is -2.44. The summed E-state index contributed by atoms with van der Waals surface area (Å²) in [4.78, 5) is 0. The molecule has 0 aromatic rings. The van der Waals surface area contributed by atoms with Crippen LogP contribution in [0.4, 0.5) is 0 Å². The van der Waals surface area contributed by atoms with Crippen LogP contribution in [0.3, 0.4) is 0 Å². The Labute approximate surface area is 119 Å². The standard InChI is InChI=1S/C9H18O.C8H16O/c1-8(2)6-4-5-7-9(8,3)10;1-7-5-3-4-6-8(7,2)9/h10H,4-7H2,1-3H3;7,9H,3-6H2,1-2H3. The van der Waals surface area contributed by atoms with E-state index in [0.29, 0.717) is 5.92 Å². The van der Waals surface area contributed by atoms with Crippen LogP contribution in [0.25, 0.3) is 0 Å². The molecule has 0 radical (unpaired) electrons. The summed E-state index contributed by atoms with van der Waals surface area (Å²) in [6, 6.07) is 0. The summed E-state index contributed by atoms with van der Waals surface area (Å²) in [6.07, 6.45) is 9.31. The van der Waals surface area contributed by atoms with Crippen LogP contribution in [0, 0.1) is 11.3 Å². The van der Waals surface area contributed by atoms with Gasteiger partial charge in [-0.15, -0.1) is 0 Å². The van der Waals surface area contributed by atoms with Gasteiger partial charge in [-0.3, -0.25) is 0 Å². The van der Waals surface area contributed by atoms with Crippen LogP contribution in [0.5, 0.6) is 0 Å². The first-order chi connectivity index (χ1) is 8.58. The molecule has 0 saturated heterocycles. The van der Waals surface area contributed by atoms with E-state index in [9.17, 15) is 10.2 Å². The molecule has 3 atom stereocenters. The molecule has 19 heavy (non-hydrogen) atoms. The van der Waals surface area contributed by atoms with Crippen LogP contribution >= 0.6 is 0 Å². The van der Waals surface area contributed by atoms with Gasteiger partial charge in [-0.1, -0.05) is 46.5 Å². The molecule has 114 valence electrons. The van der Waals surface area contributed by atoms with E-state index in [1.54, 1.807) is 0 Å². The van der Waals surface area contributed by atoms with Crippen LogP contribution in [0.2, 0.25) is 0 Å². The van der Waals surface area contributed by atoms with Gasteiger partial charge >= 0.3 is 0 Å². The Morgan fingerprint density at radius 2 is 1.32 bits per heavy atom. The Kier molecular flexibility index (Phi) is 5.48. The summed E-state index contributed by atoms with van der Waals surface area (Å²) in [7, 11) is 0. The number of aliphatic hydroxyl groups is 2. The van der Waals surface area contributed by atoms with Crippen molar-refractivity contribution in [2.75, 3.05) is 0 Å². The van der Waals surface area contributed by atoms with Gasteiger partial charge < -0.3 is 10.2 Å². The molecule has 0 aromatic carbocycles. The third kappa shape index (κ3) is 4.46. The minimum atomic E-state index is -0.425. The fourth-order valence-electron chi connectivity index (χ4n) is 3.13. The van der Waals surface area contributed by atoms with Gasteiger partial charge in [0.05, 0.1) is 11.2 Å². The van der Waals surface area contributed by atoms with Crippen molar-refractivity contribution in [1.29, 1.82) is 0 Å². The average Bonchev–Trinajstić information content (AvgIpc) is 2.28. The van der Waals surface area contributed by atoms with E-state index >= 15 is 0 Å². The maximum Gasteiger partial charge on any atom is 0.0670 e. The monoisotopic (exact) mass is 270 g/mol. The maximum absolute atomic E-state index is 9.90. The second kappa shape index (κ2) is 6.13. The zero-order chi connectivity index (χ0) is 14.7. The molecule has 0 amide bonds. The van der Waals surface area contributed by atoms with E-state index in [1.165, 1.54) is 38.5 Å². The molecule has 2 heteroatoms. The fourth-order valence-corrected chi connectivity index (χ4v) is 3.13. The molecule has 0 bridgehead atoms. The molecule has 3 unspecified atom stereocenters. The van der Waals surface area contributed by atoms with Crippen molar-refractivity contribution in [1.82, 2.24) is 0 Å². The van der Waals surface area contributed by atoms with Gasteiger partial charge in [0.15, 0.2) is 0 Å². The molecule has 2 saturated carbocycles. The molecule has 2 aliphatic carbocycles. The van der Waals surface area contributed by atoms with Gasteiger partial charge in [-0.2, -0.15) is 0 Å². The summed E-state index contributed by atoms with van der Waals surface area (Å²) in [5.74, 6) is 0.506. The second-order valence-corrected chi connectivity index (χ2v) is 7.87. The summed E-state index contributed by atoms with van der Waals surface area (Å²) >= 11 is 0. The fraction of sp³-hybridized carbons (Fsp3) is 1.00. The predicted molar refractivity (Wildman–Crippen MR) is 81.1 cm³/mol. The molecule has 2 rings (SSSR count). The largest absolute Gasteiger partial charge is 0.390 e. The van der Waals surface area contributed by atoms with Crippen molar-refractivity contribution in [3.63, 3.8) is 0 Å². The lowest BCUT2D eigenvalue weighted by atomic mass is 9.66. The molecule has 0 heterocycles. The zero-order valence-electron chi connectivity index (χ0n) is 13.6. The third-order valence-corrected chi connectivity index (χ3v) is 5.81. The zero-order valence-corrected chi connectivity index (χ0v) is 13.6. The highest BCUT2D eigenvalue weighted by Gasteiger charge is 2.40. The molecule has 0 aliphatic heterocycles. The van der Waals surface area contributed by atoms with Crippen molar-refractivity contribution >= 4 is 0 Å². The smallest absolute Gasteiger partial charge is 0.0670 e. The quantitative estimate of drug-likeness (QED) is 0.689. The Bertz CT molecular complexity index is 263. The van der Waals surface area contributed by atoms with Crippen molar-refractivity contribution in [3.8, 4) is 0 Å². The third-order valence-electron chi connectivity index (χ3n) is 5.81. The van der Waals surface area contributed by atoms with Crippen LogP contribution in [0.1, 0.15) is 86.0 Å². The van der Waals surface area contributed by atoms with Gasteiger partial charge in [0.1, 0.15) is 0 Å². The molecule has 0 spiro atoms. The van der Waals surface area contributed by atoms with E-state index in [4.69, 9.17) is 0 Å². The van der Waals surface area contributed by atoms with Crippen LogP contribution in [-0.2, 0) is 0 Å². The maximum atomic E-state index is 9.90. The van der Waals surface area contributed by atoms with Crippen LogP contribution in [-0.4, -0.2) is 21.4 Å². The Hall–Kier alpha value is -0.0800. The van der Waals surface area contributed by atoms with Crippen molar-refractivity contribution in [2.45, 2.75) is 97.2 Å². The minimum absolute atomic E-state index is 0.130. The Morgan fingerprint density at radius 3 is 1.63 bits per heavy atom. The van der Waals surface area contributed by atoms with Gasteiger partial charge in [-0.05, 0) is 50.9 Å². The number of rotatable bonds is 0. The number of hydrogen-bond acceptors (Lipinski definition) is 2. The van der Waals surface area contributed by atoms with Crippen molar-refractivity contribution < 1.29 is 10.2 Å². The Morgan fingerprint density at radius 1 is 0.789 bits per heavy atom. The van der Waals surface area contributed by atoms with Crippen LogP contribution in [0.15, 0.2) is 0 Å². The first-order valence-corrected chi connectivity index (χ1v) is 8.03. The molecule has 2 nitrogen and oxygen atoms in total. The van der Waals surface area contributed by atoms with E-state index in [-0.39, 0.29) is 11.0 Å². The van der Waals surface area contributed by atoms with E-state index in [2.05, 4.69) is 20.8 Å². The first-order valence-electron chi connectivity index (χ1n) is 8.03. The van der Waals surface area contributed by atoms with Crippen molar-refractivity contribution in [3.05, 3.63) is 0 Å².